The smallest absolute Gasteiger partial charge is 0.228 e. The molecular formula is C21H30N4O3. The van der Waals surface area contributed by atoms with E-state index in [9.17, 15) is 9.59 Å². The second-order valence-corrected chi connectivity index (χ2v) is 8.05. The fraction of sp³-hybridized carbons (Fsp3) is 0.619. The Morgan fingerprint density at radius 3 is 2.54 bits per heavy atom. The number of carbonyl (C=O) groups is 2. The van der Waals surface area contributed by atoms with Gasteiger partial charge in [0, 0.05) is 58.8 Å². The van der Waals surface area contributed by atoms with Gasteiger partial charge in [0.05, 0.1) is 19.1 Å². The number of hydrogen-bond donors (Lipinski definition) is 1. The van der Waals surface area contributed by atoms with Crippen molar-refractivity contribution in [2.45, 2.75) is 24.9 Å². The van der Waals surface area contributed by atoms with Crippen molar-refractivity contribution < 1.29 is 14.3 Å². The molecule has 1 aromatic carbocycles. The van der Waals surface area contributed by atoms with Crippen LogP contribution in [-0.2, 0) is 9.59 Å². The summed E-state index contributed by atoms with van der Waals surface area (Å²) in [5.74, 6) is 0.623. The molecule has 28 heavy (non-hydrogen) atoms. The summed E-state index contributed by atoms with van der Waals surface area (Å²) in [6, 6.07) is 7.95. The fourth-order valence-electron chi connectivity index (χ4n) is 4.87. The van der Waals surface area contributed by atoms with E-state index in [1.807, 2.05) is 29.2 Å². The molecule has 0 aliphatic carbocycles. The lowest BCUT2D eigenvalue weighted by Gasteiger charge is -2.33. The Kier molecular flexibility index (Phi) is 5.55. The SMILES string of the molecule is COc1ccc(C2C(C(=O)N3CCC(N4CCNCC4)C3)CC(=O)N2C)cc1. The molecule has 3 fully saturated rings. The minimum Gasteiger partial charge on any atom is -0.497 e. The van der Waals surface area contributed by atoms with Gasteiger partial charge in [-0.3, -0.25) is 14.5 Å². The largest absolute Gasteiger partial charge is 0.497 e. The second-order valence-electron chi connectivity index (χ2n) is 8.05. The first-order chi connectivity index (χ1) is 13.6. The number of benzene rings is 1. The molecule has 0 saturated carbocycles. The van der Waals surface area contributed by atoms with Crippen LogP contribution >= 0.6 is 0 Å². The highest BCUT2D eigenvalue weighted by Gasteiger charge is 2.45. The number of rotatable bonds is 4. The van der Waals surface area contributed by atoms with Gasteiger partial charge in [0.1, 0.15) is 5.75 Å². The van der Waals surface area contributed by atoms with E-state index >= 15 is 0 Å². The van der Waals surface area contributed by atoms with Crippen LogP contribution < -0.4 is 10.1 Å². The van der Waals surface area contributed by atoms with Gasteiger partial charge in [-0.05, 0) is 24.1 Å². The maximum atomic E-state index is 13.4. The van der Waals surface area contributed by atoms with Gasteiger partial charge in [0.25, 0.3) is 0 Å². The molecule has 3 aliphatic rings. The van der Waals surface area contributed by atoms with E-state index in [4.69, 9.17) is 4.74 Å². The second kappa shape index (κ2) is 8.09. The number of nitrogens with one attached hydrogen (secondary N) is 1. The highest BCUT2D eigenvalue weighted by molar-refractivity contribution is 5.90. The van der Waals surface area contributed by atoms with Gasteiger partial charge >= 0.3 is 0 Å². The van der Waals surface area contributed by atoms with E-state index in [0.717, 1.165) is 57.0 Å². The van der Waals surface area contributed by atoms with Crippen molar-refractivity contribution in [2.75, 3.05) is 53.4 Å². The fourth-order valence-corrected chi connectivity index (χ4v) is 4.87. The van der Waals surface area contributed by atoms with E-state index in [-0.39, 0.29) is 23.8 Å². The van der Waals surface area contributed by atoms with Crippen LogP contribution in [0, 0.1) is 5.92 Å². The molecule has 3 atom stereocenters. The van der Waals surface area contributed by atoms with Crippen LogP contribution in [0.3, 0.4) is 0 Å². The highest BCUT2D eigenvalue weighted by Crippen LogP contribution is 2.39. The molecule has 0 aromatic heterocycles. The maximum absolute atomic E-state index is 13.4. The van der Waals surface area contributed by atoms with Crippen molar-refractivity contribution in [3.8, 4) is 5.75 Å². The Bertz CT molecular complexity index is 717. The molecule has 7 nitrogen and oxygen atoms in total. The lowest BCUT2D eigenvalue weighted by molar-refractivity contribution is -0.135. The molecule has 3 unspecified atom stereocenters. The summed E-state index contributed by atoms with van der Waals surface area (Å²) in [5, 5.41) is 3.38. The molecule has 3 saturated heterocycles. The Labute approximate surface area is 166 Å². The lowest BCUT2D eigenvalue weighted by Crippen LogP contribution is -2.49. The molecule has 1 aromatic rings. The molecule has 0 radical (unpaired) electrons. The standard InChI is InChI=1S/C21H30N4O3/c1-23-19(26)13-18(20(23)15-3-5-17(28-2)6-4-15)21(27)25-10-7-16(14-25)24-11-8-22-9-12-24/h3-6,16,18,20,22H,7-14H2,1-2H3. The lowest BCUT2D eigenvalue weighted by atomic mass is 9.92. The number of carbonyl (C=O) groups excluding carboxylic acids is 2. The van der Waals surface area contributed by atoms with E-state index in [1.54, 1.807) is 19.1 Å². The summed E-state index contributed by atoms with van der Waals surface area (Å²) < 4.78 is 5.24. The monoisotopic (exact) mass is 386 g/mol. The van der Waals surface area contributed by atoms with Gasteiger partial charge in [-0.2, -0.15) is 0 Å². The minimum absolute atomic E-state index is 0.0389. The first-order valence-electron chi connectivity index (χ1n) is 10.2. The summed E-state index contributed by atoms with van der Waals surface area (Å²) >= 11 is 0. The number of hydrogen-bond acceptors (Lipinski definition) is 5. The van der Waals surface area contributed by atoms with Gasteiger partial charge in [0.15, 0.2) is 0 Å². The maximum Gasteiger partial charge on any atom is 0.228 e. The van der Waals surface area contributed by atoms with E-state index in [0.29, 0.717) is 12.5 Å². The third-order valence-electron chi connectivity index (χ3n) is 6.50. The van der Waals surface area contributed by atoms with Gasteiger partial charge < -0.3 is 19.9 Å². The van der Waals surface area contributed by atoms with Crippen molar-refractivity contribution in [1.82, 2.24) is 20.0 Å². The zero-order valence-corrected chi connectivity index (χ0v) is 16.8. The Balaban J connectivity index is 1.48. The van der Waals surface area contributed by atoms with E-state index in [2.05, 4.69) is 10.2 Å². The molecular weight excluding hydrogens is 356 g/mol. The van der Waals surface area contributed by atoms with Crippen LogP contribution in [0.15, 0.2) is 24.3 Å². The first-order valence-corrected chi connectivity index (χ1v) is 10.2. The number of ether oxygens (including phenoxy) is 1. The summed E-state index contributed by atoms with van der Waals surface area (Å²) in [4.78, 5) is 32.0. The molecule has 3 aliphatic heterocycles. The summed E-state index contributed by atoms with van der Waals surface area (Å²) in [6.07, 6.45) is 1.32. The Morgan fingerprint density at radius 2 is 1.86 bits per heavy atom. The normalized spacial score (nSPS) is 28.8. The third kappa shape index (κ3) is 3.61. The van der Waals surface area contributed by atoms with Gasteiger partial charge in [0.2, 0.25) is 11.8 Å². The molecule has 7 heteroatoms. The van der Waals surface area contributed by atoms with Crippen LogP contribution in [0.2, 0.25) is 0 Å². The molecule has 0 bridgehead atoms. The van der Waals surface area contributed by atoms with E-state index in [1.165, 1.54) is 0 Å². The number of likely N-dealkylation sites (tertiary alicyclic amines) is 2. The number of methoxy groups -OCH3 is 1. The van der Waals surface area contributed by atoms with Gasteiger partial charge in [-0.1, -0.05) is 12.1 Å². The van der Waals surface area contributed by atoms with Gasteiger partial charge in [-0.15, -0.1) is 0 Å². The molecule has 2 amide bonds. The molecule has 152 valence electrons. The highest BCUT2D eigenvalue weighted by atomic mass is 16.5. The van der Waals surface area contributed by atoms with Crippen molar-refractivity contribution in [3.63, 3.8) is 0 Å². The summed E-state index contributed by atoms with van der Waals surface area (Å²) in [6.45, 7) is 5.70. The summed E-state index contributed by atoms with van der Waals surface area (Å²) in [7, 11) is 3.44. The number of piperazine rings is 1. The van der Waals surface area contributed by atoms with Crippen molar-refractivity contribution >= 4 is 11.8 Å². The molecule has 1 N–H and O–H groups in total. The number of nitrogens with zero attached hydrogens (tertiary/aromatic N) is 3. The quantitative estimate of drug-likeness (QED) is 0.826. The van der Waals surface area contributed by atoms with Gasteiger partial charge in [-0.25, -0.2) is 0 Å². The topological polar surface area (TPSA) is 65.1 Å². The van der Waals surface area contributed by atoms with Crippen LogP contribution in [-0.4, -0.2) is 86.0 Å². The van der Waals surface area contributed by atoms with Crippen molar-refractivity contribution in [1.29, 1.82) is 0 Å². The average molecular weight is 386 g/mol. The zero-order valence-electron chi connectivity index (χ0n) is 16.8. The third-order valence-corrected chi connectivity index (χ3v) is 6.50. The van der Waals surface area contributed by atoms with Crippen LogP contribution in [0.4, 0.5) is 0 Å². The molecule has 0 spiro atoms. The van der Waals surface area contributed by atoms with Crippen molar-refractivity contribution in [3.05, 3.63) is 29.8 Å². The molecule has 4 rings (SSSR count). The predicted octanol–water partition coefficient (Wildman–Crippen LogP) is 0.721. The van der Waals surface area contributed by atoms with Crippen LogP contribution in [0.1, 0.15) is 24.4 Å². The number of amides is 2. The zero-order chi connectivity index (χ0) is 19.7. The predicted molar refractivity (Wildman–Crippen MR) is 106 cm³/mol. The molecule has 3 heterocycles. The minimum atomic E-state index is -0.312. The Hall–Kier alpha value is -2.12. The van der Waals surface area contributed by atoms with E-state index < -0.39 is 0 Å². The van der Waals surface area contributed by atoms with Crippen LogP contribution in [0.25, 0.3) is 0 Å². The van der Waals surface area contributed by atoms with Crippen molar-refractivity contribution in [2.24, 2.45) is 5.92 Å². The first kappa shape index (κ1) is 19.2. The average Bonchev–Trinajstić information content (AvgIpc) is 3.34. The Morgan fingerprint density at radius 1 is 1.14 bits per heavy atom. The summed E-state index contributed by atoms with van der Waals surface area (Å²) in [5.41, 5.74) is 0.991. The van der Waals surface area contributed by atoms with Crippen LogP contribution in [0.5, 0.6) is 5.75 Å².